The van der Waals surface area contributed by atoms with E-state index >= 15 is 0 Å². The highest BCUT2D eigenvalue weighted by molar-refractivity contribution is 5.90. The maximum absolute atomic E-state index is 13.0. The zero-order valence-electron chi connectivity index (χ0n) is 19.9. The van der Waals surface area contributed by atoms with Gasteiger partial charge in [-0.2, -0.15) is 0 Å². The molecule has 28 heavy (non-hydrogen) atoms. The molecule has 164 valence electrons. The van der Waals surface area contributed by atoms with Gasteiger partial charge in [0.1, 0.15) is 5.78 Å². The van der Waals surface area contributed by atoms with Crippen LogP contribution in [0.25, 0.3) is 0 Å². The second-order valence-corrected chi connectivity index (χ2v) is 10.6. The normalized spacial score (nSPS) is 14.0. The minimum Gasteiger partial charge on any atom is -0.312 e. The molecule has 0 aromatic rings. The second-order valence-electron chi connectivity index (χ2n) is 10.6. The third-order valence-electron chi connectivity index (χ3n) is 4.83. The summed E-state index contributed by atoms with van der Waals surface area (Å²) in [7, 11) is 0. The molecule has 0 aliphatic rings. The number of Topliss-reactive ketones (excluding diaryl/α,β-unsaturated/α-hetero) is 3. The lowest BCUT2D eigenvalue weighted by atomic mass is 9.89. The highest BCUT2D eigenvalue weighted by atomic mass is 16.1. The summed E-state index contributed by atoms with van der Waals surface area (Å²) >= 11 is 0. The van der Waals surface area contributed by atoms with Crippen LogP contribution in [-0.2, 0) is 14.4 Å². The molecule has 5 nitrogen and oxygen atoms in total. The molecule has 1 atom stereocenters. The number of hydrogen-bond donors (Lipinski definition) is 1. The fourth-order valence-electron chi connectivity index (χ4n) is 2.73. The summed E-state index contributed by atoms with van der Waals surface area (Å²) in [5.41, 5.74) is -0.481. The van der Waals surface area contributed by atoms with Crippen LogP contribution in [0.4, 0.5) is 0 Å². The van der Waals surface area contributed by atoms with Crippen LogP contribution in [0.5, 0.6) is 0 Å². The highest BCUT2D eigenvalue weighted by Crippen LogP contribution is 2.20. The van der Waals surface area contributed by atoms with Crippen LogP contribution in [-0.4, -0.2) is 53.5 Å². The molecule has 0 bridgehead atoms. The van der Waals surface area contributed by atoms with Gasteiger partial charge in [0, 0.05) is 22.8 Å². The van der Waals surface area contributed by atoms with Gasteiger partial charge in [0.25, 0.3) is 0 Å². The van der Waals surface area contributed by atoms with Crippen molar-refractivity contribution in [2.75, 3.05) is 19.6 Å². The maximum atomic E-state index is 13.0. The summed E-state index contributed by atoms with van der Waals surface area (Å²) in [6, 6.07) is -0.407. The van der Waals surface area contributed by atoms with Crippen LogP contribution < -0.4 is 5.32 Å². The fourth-order valence-corrected chi connectivity index (χ4v) is 2.73. The minimum atomic E-state index is -0.502. The quantitative estimate of drug-likeness (QED) is 0.507. The van der Waals surface area contributed by atoms with E-state index in [4.69, 9.17) is 0 Å². The first-order valence-electron chi connectivity index (χ1n) is 10.6. The van der Waals surface area contributed by atoms with E-state index in [2.05, 4.69) is 26.1 Å². The molecule has 0 spiro atoms. The van der Waals surface area contributed by atoms with Crippen LogP contribution in [0.3, 0.4) is 0 Å². The predicted octanol–water partition coefficient (Wildman–Crippen LogP) is 3.89. The number of ketones is 3. The number of rotatable bonds is 12. The van der Waals surface area contributed by atoms with E-state index in [1.54, 1.807) is 0 Å². The average molecular weight is 397 g/mol. The van der Waals surface area contributed by atoms with Crippen LogP contribution in [0.2, 0.25) is 0 Å². The van der Waals surface area contributed by atoms with Crippen molar-refractivity contribution in [1.82, 2.24) is 10.2 Å². The molecule has 0 rings (SSSR count). The lowest BCUT2D eigenvalue weighted by Crippen LogP contribution is -2.50. The zero-order valence-corrected chi connectivity index (χ0v) is 19.9. The highest BCUT2D eigenvalue weighted by Gasteiger charge is 2.33. The summed E-state index contributed by atoms with van der Waals surface area (Å²) in [5, 5.41) is 3.44. The Labute approximate surface area is 173 Å². The van der Waals surface area contributed by atoms with Crippen molar-refractivity contribution in [2.24, 2.45) is 17.3 Å². The van der Waals surface area contributed by atoms with Crippen molar-refractivity contribution in [2.45, 2.75) is 93.7 Å². The molecule has 0 aliphatic heterocycles. The van der Waals surface area contributed by atoms with E-state index in [0.29, 0.717) is 6.42 Å². The summed E-state index contributed by atoms with van der Waals surface area (Å²) < 4.78 is 0. The van der Waals surface area contributed by atoms with Crippen molar-refractivity contribution in [3.05, 3.63) is 0 Å². The van der Waals surface area contributed by atoms with Gasteiger partial charge in [-0.1, -0.05) is 48.5 Å². The van der Waals surface area contributed by atoms with Gasteiger partial charge in [-0.25, -0.2) is 0 Å². The Bertz CT molecular complexity index is 525. The van der Waals surface area contributed by atoms with Crippen LogP contribution >= 0.6 is 0 Å². The predicted molar refractivity (Wildman–Crippen MR) is 117 cm³/mol. The molecule has 0 aromatic heterocycles. The Morgan fingerprint density at radius 2 is 1.39 bits per heavy atom. The Balaban J connectivity index is 5.50. The average Bonchev–Trinajstić information content (AvgIpc) is 2.51. The van der Waals surface area contributed by atoms with E-state index < -0.39 is 11.5 Å². The third kappa shape index (κ3) is 10.5. The minimum absolute atomic E-state index is 0.0209. The lowest BCUT2D eigenvalue weighted by Gasteiger charge is -2.33. The van der Waals surface area contributed by atoms with Crippen LogP contribution in [0, 0.1) is 17.3 Å². The van der Waals surface area contributed by atoms with Gasteiger partial charge in [-0.3, -0.25) is 19.3 Å². The topological polar surface area (TPSA) is 66.5 Å². The van der Waals surface area contributed by atoms with Crippen molar-refractivity contribution < 1.29 is 14.4 Å². The third-order valence-corrected chi connectivity index (χ3v) is 4.83. The van der Waals surface area contributed by atoms with Gasteiger partial charge < -0.3 is 5.32 Å². The van der Waals surface area contributed by atoms with Gasteiger partial charge in [0.05, 0.1) is 19.1 Å². The monoisotopic (exact) mass is 396 g/mol. The molecular weight excluding hydrogens is 352 g/mol. The number of nitrogens with zero attached hydrogens (tertiary/aromatic N) is 1. The van der Waals surface area contributed by atoms with E-state index in [1.807, 2.05) is 53.4 Å². The van der Waals surface area contributed by atoms with E-state index in [1.165, 1.54) is 0 Å². The Morgan fingerprint density at radius 3 is 1.79 bits per heavy atom. The number of carbonyl (C=O) groups is 3. The first-order chi connectivity index (χ1) is 12.6. The molecule has 0 aliphatic carbocycles. The van der Waals surface area contributed by atoms with Gasteiger partial charge in [-0.05, 0) is 40.2 Å². The molecule has 0 saturated heterocycles. The standard InChI is InChI=1S/C23H44N2O3/c1-16(2)19(26)14-25(15-20(27)22(5,6)7)18(21(28)17(3)4)12-11-13-24-23(8,9)10/h16-18,24H,11-15H2,1-10H3. The van der Waals surface area contributed by atoms with Crippen molar-refractivity contribution >= 4 is 17.3 Å². The van der Waals surface area contributed by atoms with E-state index in [-0.39, 0.29) is 47.8 Å². The molecule has 0 fully saturated rings. The number of nitrogens with one attached hydrogen (secondary N) is 1. The molecule has 0 saturated carbocycles. The lowest BCUT2D eigenvalue weighted by molar-refractivity contribution is -0.134. The second kappa shape index (κ2) is 11.2. The van der Waals surface area contributed by atoms with Crippen molar-refractivity contribution in [1.29, 1.82) is 0 Å². The molecule has 1 unspecified atom stereocenters. The Morgan fingerprint density at radius 1 is 0.857 bits per heavy atom. The van der Waals surface area contributed by atoms with E-state index in [0.717, 1.165) is 13.0 Å². The number of hydrogen-bond acceptors (Lipinski definition) is 5. The van der Waals surface area contributed by atoms with Crippen LogP contribution in [0.15, 0.2) is 0 Å². The SMILES string of the molecule is CC(C)C(=O)CN(CC(=O)C(C)(C)C)C(CCCNC(C)(C)C)C(=O)C(C)C. The maximum Gasteiger partial charge on any atom is 0.152 e. The summed E-state index contributed by atoms with van der Waals surface area (Å²) in [4.78, 5) is 40.0. The molecule has 0 heterocycles. The molecule has 5 heteroatoms. The van der Waals surface area contributed by atoms with E-state index in [9.17, 15) is 14.4 Å². The summed E-state index contributed by atoms with van der Waals surface area (Å²) in [5.74, 6) is -0.0323. The Hall–Kier alpha value is -1.07. The summed E-state index contributed by atoms with van der Waals surface area (Å²) in [6.45, 7) is 20.5. The molecule has 0 aromatic carbocycles. The van der Waals surface area contributed by atoms with Gasteiger partial charge in [-0.15, -0.1) is 0 Å². The van der Waals surface area contributed by atoms with Crippen LogP contribution in [0.1, 0.15) is 82.1 Å². The summed E-state index contributed by atoms with van der Waals surface area (Å²) in [6.07, 6.45) is 1.46. The van der Waals surface area contributed by atoms with Gasteiger partial charge in [0.15, 0.2) is 11.6 Å². The molecule has 1 N–H and O–H groups in total. The first-order valence-corrected chi connectivity index (χ1v) is 10.6. The van der Waals surface area contributed by atoms with Gasteiger partial charge in [0.2, 0.25) is 0 Å². The Kier molecular flexibility index (Phi) is 10.8. The smallest absolute Gasteiger partial charge is 0.152 e. The van der Waals surface area contributed by atoms with Crippen molar-refractivity contribution in [3.63, 3.8) is 0 Å². The molecular formula is C23H44N2O3. The fraction of sp³-hybridized carbons (Fsp3) is 0.870. The largest absolute Gasteiger partial charge is 0.312 e. The molecule has 0 amide bonds. The van der Waals surface area contributed by atoms with Gasteiger partial charge >= 0.3 is 0 Å². The van der Waals surface area contributed by atoms with Crippen molar-refractivity contribution in [3.8, 4) is 0 Å². The zero-order chi connectivity index (χ0) is 22.3. The number of carbonyl (C=O) groups excluding carboxylic acids is 3. The first kappa shape index (κ1) is 26.9. The molecule has 0 radical (unpaired) electrons.